The lowest BCUT2D eigenvalue weighted by molar-refractivity contribution is -0.376. The highest BCUT2D eigenvalue weighted by molar-refractivity contribution is 8.00. The third-order valence-corrected chi connectivity index (χ3v) is 6.68. The Kier molecular flexibility index (Phi) is 8.74. The van der Waals surface area contributed by atoms with E-state index in [0.29, 0.717) is 18.6 Å². The molecule has 0 unspecified atom stereocenters. The maximum atomic E-state index is 13.4. The summed E-state index contributed by atoms with van der Waals surface area (Å²) in [7, 11) is 0. The van der Waals surface area contributed by atoms with E-state index in [0.717, 1.165) is 17.8 Å². The van der Waals surface area contributed by atoms with E-state index in [2.05, 4.69) is 0 Å². The summed E-state index contributed by atoms with van der Waals surface area (Å²) in [5.41, 5.74) is -6.14. The number of hydrogen-bond donors (Lipinski definition) is 1. The third kappa shape index (κ3) is 5.54. The van der Waals surface area contributed by atoms with Crippen LogP contribution in [-0.2, 0) is 10.4 Å². The number of allylic oxidation sites excluding steroid dienone is 5. The second-order valence-electron chi connectivity index (χ2n) is 8.22. The number of anilines is 1. The second-order valence-corrected chi connectivity index (χ2v) is 9.64. The van der Waals surface area contributed by atoms with Crippen LogP contribution in [0.3, 0.4) is 0 Å². The molecule has 0 aromatic heterocycles. The van der Waals surface area contributed by atoms with Gasteiger partial charge in [-0.2, -0.15) is 26.3 Å². The fourth-order valence-corrected chi connectivity index (χ4v) is 4.85. The van der Waals surface area contributed by atoms with Gasteiger partial charge in [0.1, 0.15) is 0 Å². The Morgan fingerprint density at radius 1 is 1.09 bits per heavy atom. The van der Waals surface area contributed by atoms with E-state index in [1.165, 1.54) is 4.90 Å². The van der Waals surface area contributed by atoms with Crippen LogP contribution in [0.1, 0.15) is 39.7 Å². The lowest BCUT2D eigenvalue weighted by Crippen LogP contribution is -2.54. The normalized spacial score (nSPS) is 20.2. The van der Waals surface area contributed by atoms with Gasteiger partial charge >= 0.3 is 12.4 Å². The Morgan fingerprint density at radius 3 is 2.21 bits per heavy atom. The Morgan fingerprint density at radius 2 is 1.68 bits per heavy atom. The van der Waals surface area contributed by atoms with Crippen molar-refractivity contribution in [1.29, 1.82) is 0 Å². The van der Waals surface area contributed by atoms with Gasteiger partial charge in [0.05, 0.1) is 11.7 Å². The number of aliphatic hydroxyl groups is 1. The number of amides is 1. The van der Waals surface area contributed by atoms with Crippen LogP contribution in [-0.4, -0.2) is 34.7 Å². The van der Waals surface area contributed by atoms with E-state index in [1.54, 1.807) is 26.8 Å². The van der Waals surface area contributed by atoms with Gasteiger partial charge in [-0.25, -0.2) is 0 Å². The van der Waals surface area contributed by atoms with Crippen LogP contribution in [0, 0.1) is 5.92 Å². The number of hydrogen-bond acceptors (Lipinski definition) is 3. The lowest BCUT2D eigenvalue weighted by Gasteiger charge is -2.42. The monoisotopic (exact) mass is 507 g/mol. The highest BCUT2D eigenvalue weighted by atomic mass is 32.2. The minimum atomic E-state index is -5.98. The summed E-state index contributed by atoms with van der Waals surface area (Å²) in [6, 6.07) is 1.96. The summed E-state index contributed by atoms with van der Waals surface area (Å²) in [6.45, 7) is 6.97. The Hall–Kier alpha value is -2.20. The van der Waals surface area contributed by atoms with Gasteiger partial charge in [0.25, 0.3) is 5.60 Å². The van der Waals surface area contributed by atoms with Crippen molar-refractivity contribution in [3.63, 3.8) is 0 Å². The zero-order valence-corrected chi connectivity index (χ0v) is 19.9. The molecular weight excluding hydrogens is 480 g/mol. The molecule has 0 spiro atoms. The molecule has 1 aliphatic heterocycles. The van der Waals surface area contributed by atoms with Crippen LogP contribution < -0.4 is 4.90 Å². The minimum absolute atomic E-state index is 0.0686. The van der Waals surface area contributed by atoms with E-state index in [9.17, 15) is 36.2 Å². The van der Waals surface area contributed by atoms with Crippen LogP contribution in [0.25, 0.3) is 0 Å². The zero-order valence-electron chi connectivity index (χ0n) is 19.1. The maximum absolute atomic E-state index is 13.4. The van der Waals surface area contributed by atoms with Crippen molar-refractivity contribution in [2.45, 2.75) is 68.3 Å². The molecule has 2 rings (SSSR count). The molecule has 1 aromatic carbocycles. The molecule has 3 nitrogen and oxygen atoms in total. The van der Waals surface area contributed by atoms with E-state index in [1.807, 2.05) is 37.3 Å². The third-order valence-electron chi connectivity index (χ3n) is 5.41. The molecule has 1 amide bonds. The predicted octanol–water partition coefficient (Wildman–Crippen LogP) is 6.93. The highest BCUT2D eigenvalue weighted by Crippen LogP contribution is 2.52. The number of nitrogens with zero attached hydrogens (tertiary/aromatic N) is 1. The van der Waals surface area contributed by atoms with Crippen molar-refractivity contribution < 1.29 is 36.2 Å². The molecule has 0 fully saturated rings. The molecule has 1 heterocycles. The molecule has 1 aromatic rings. The Balaban J connectivity index is 2.55. The first-order valence-electron chi connectivity index (χ1n) is 10.6. The van der Waals surface area contributed by atoms with Gasteiger partial charge in [-0.3, -0.25) is 4.79 Å². The number of rotatable bonds is 6. The summed E-state index contributed by atoms with van der Waals surface area (Å²) in [4.78, 5) is 14.6. The van der Waals surface area contributed by atoms with E-state index in [-0.39, 0.29) is 27.8 Å². The predicted molar refractivity (Wildman–Crippen MR) is 122 cm³/mol. The SMILES string of the molecule is C\C=C/C=C\C=C\C[C@H]1[C@@H](C)Sc2cc(C(O)(C(F)(F)F)C(F)(F)F)ccc2N1C(=O)C(C)C. The first kappa shape index (κ1) is 28.0. The molecule has 0 radical (unpaired) electrons. The molecule has 2 atom stereocenters. The number of fused-ring (bicyclic) bond motifs is 1. The molecule has 188 valence electrons. The van der Waals surface area contributed by atoms with Gasteiger partial charge in [0, 0.05) is 21.6 Å². The quantitative estimate of drug-likeness (QED) is 0.335. The summed E-state index contributed by atoms with van der Waals surface area (Å²) in [5, 5.41) is 9.45. The standard InChI is InChI=1S/C24H27F6NO2S/c1-5-6-7-8-9-10-11-18-16(4)34-20-14-17(22(33,23(25,26)27)24(28,29)30)12-13-19(20)31(18)21(32)15(2)3/h5-10,12-16,18,33H,11H2,1-4H3/b6-5-,8-7-,10-9+/t16-,18+/m1/s1. The average Bonchev–Trinajstić information content (AvgIpc) is 2.72. The molecule has 1 aliphatic rings. The Labute approximate surface area is 199 Å². The van der Waals surface area contributed by atoms with Gasteiger partial charge in [0.15, 0.2) is 0 Å². The topological polar surface area (TPSA) is 40.5 Å². The van der Waals surface area contributed by atoms with Gasteiger partial charge in [-0.15, -0.1) is 11.8 Å². The van der Waals surface area contributed by atoms with Crippen molar-refractivity contribution in [1.82, 2.24) is 0 Å². The van der Waals surface area contributed by atoms with Crippen LogP contribution in [0.2, 0.25) is 0 Å². The van der Waals surface area contributed by atoms with E-state index in [4.69, 9.17) is 0 Å². The minimum Gasteiger partial charge on any atom is -0.369 e. The van der Waals surface area contributed by atoms with Crippen molar-refractivity contribution in [2.24, 2.45) is 5.92 Å². The van der Waals surface area contributed by atoms with Crippen molar-refractivity contribution in [3.8, 4) is 0 Å². The molecule has 1 N–H and O–H groups in total. The lowest BCUT2D eigenvalue weighted by atomic mass is 9.91. The van der Waals surface area contributed by atoms with Gasteiger partial charge in [-0.1, -0.05) is 63.3 Å². The van der Waals surface area contributed by atoms with E-state index < -0.39 is 29.4 Å². The van der Waals surface area contributed by atoms with Crippen LogP contribution in [0.4, 0.5) is 32.0 Å². The summed E-state index contributed by atoms with van der Waals surface area (Å²) in [5.74, 6) is -0.753. The highest BCUT2D eigenvalue weighted by Gasteiger charge is 2.71. The molecule has 0 saturated carbocycles. The van der Waals surface area contributed by atoms with E-state index >= 15 is 0 Å². The number of alkyl halides is 6. The van der Waals surface area contributed by atoms with Crippen molar-refractivity contribution >= 4 is 23.4 Å². The van der Waals surface area contributed by atoms with Crippen LogP contribution >= 0.6 is 11.8 Å². The zero-order chi connectivity index (χ0) is 25.9. The first-order valence-corrected chi connectivity index (χ1v) is 11.5. The Bertz CT molecular complexity index is 951. The molecule has 10 heteroatoms. The second kappa shape index (κ2) is 10.6. The van der Waals surface area contributed by atoms with Gasteiger partial charge < -0.3 is 10.0 Å². The largest absolute Gasteiger partial charge is 0.430 e. The van der Waals surface area contributed by atoms with Gasteiger partial charge in [-0.05, 0) is 25.5 Å². The van der Waals surface area contributed by atoms with Crippen molar-refractivity contribution in [3.05, 3.63) is 60.2 Å². The summed E-state index contributed by atoms with van der Waals surface area (Å²) in [6.07, 6.45) is -0.530. The maximum Gasteiger partial charge on any atom is 0.430 e. The van der Waals surface area contributed by atoms with Crippen LogP contribution in [0.5, 0.6) is 0 Å². The summed E-state index contributed by atoms with van der Waals surface area (Å²) >= 11 is 1.07. The summed E-state index contributed by atoms with van der Waals surface area (Å²) < 4.78 is 80.2. The first-order chi connectivity index (χ1) is 15.7. The average molecular weight is 508 g/mol. The molecule has 0 bridgehead atoms. The number of carbonyl (C=O) groups is 1. The fraction of sp³-hybridized carbons (Fsp3) is 0.458. The molecule has 0 aliphatic carbocycles. The number of carbonyl (C=O) groups excluding carboxylic acids is 1. The van der Waals surface area contributed by atoms with Crippen molar-refractivity contribution in [2.75, 3.05) is 4.90 Å². The molecule has 34 heavy (non-hydrogen) atoms. The fourth-order valence-electron chi connectivity index (χ4n) is 3.58. The number of halogens is 6. The smallest absolute Gasteiger partial charge is 0.369 e. The number of thioether (sulfide) groups is 1. The molecule has 0 saturated heterocycles. The number of benzene rings is 1. The van der Waals surface area contributed by atoms with Gasteiger partial charge in [0.2, 0.25) is 5.91 Å². The molecular formula is C24H27F6NO2S. The van der Waals surface area contributed by atoms with Crippen LogP contribution in [0.15, 0.2) is 59.6 Å².